The van der Waals surface area contributed by atoms with Crippen molar-refractivity contribution in [2.24, 2.45) is 0 Å². The molecule has 0 aromatic heterocycles. The van der Waals surface area contributed by atoms with Crippen LogP contribution < -0.4 is 14.2 Å². The van der Waals surface area contributed by atoms with E-state index in [2.05, 4.69) is 15.9 Å². The second kappa shape index (κ2) is 7.20. The Kier molecular flexibility index (Phi) is 5.30. The van der Waals surface area contributed by atoms with Crippen molar-refractivity contribution in [2.75, 3.05) is 14.2 Å². The number of hydrogen-bond acceptors (Lipinski definition) is 3. The quantitative estimate of drug-likeness (QED) is 0.740. The lowest BCUT2D eigenvalue weighted by Gasteiger charge is -2.15. The fourth-order valence-corrected chi connectivity index (χ4v) is 2.23. The fourth-order valence-electron chi connectivity index (χ4n) is 1.90. The zero-order valence-corrected chi connectivity index (χ0v) is 13.1. The van der Waals surface area contributed by atoms with Gasteiger partial charge < -0.3 is 14.2 Å². The van der Waals surface area contributed by atoms with E-state index in [0.717, 1.165) is 16.5 Å². The van der Waals surface area contributed by atoms with Gasteiger partial charge in [-0.3, -0.25) is 0 Å². The maximum atomic E-state index is 5.87. The van der Waals surface area contributed by atoms with Gasteiger partial charge in [-0.15, -0.1) is 0 Å². The Morgan fingerprint density at radius 2 is 1.60 bits per heavy atom. The highest BCUT2D eigenvalue weighted by atomic mass is 79.9. The Bertz CT molecular complexity index is 555. The summed E-state index contributed by atoms with van der Waals surface area (Å²) in [5.74, 6) is 1.98. The van der Waals surface area contributed by atoms with Crippen molar-refractivity contribution >= 4 is 15.9 Å². The molecular weight excluding hydrogens is 320 g/mol. The first-order chi connectivity index (χ1) is 9.78. The minimum atomic E-state index is 0.492. The Morgan fingerprint density at radius 3 is 2.20 bits per heavy atom. The molecule has 0 saturated heterocycles. The van der Waals surface area contributed by atoms with Gasteiger partial charge in [0.1, 0.15) is 6.61 Å². The molecule has 2 aromatic carbocycles. The molecule has 0 aliphatic rings. The Hall–Kier alpha value is -1.68. The number of hydrogen-bond donors (Lipinski definition) is 0. The predicted molar refractivity (Wildman–Crippen MR) is 83.0 cm³/mol. The molecule has 4 heteroatoms. The topological polar surface area (TPSA) is 27.7 Å². The minimum absolute atomic E-state index is 0.492. The molecule has 0 fully saturated rings. The van der Waals surface area contributed by atoms with Crippen LogP contribution in [0.4, 0.5) is 0 Å². The number of alkyl halides is 1. The van der Waals surface area contributed by atoms with Crippen molar-refractivity contribution in [1.82, 2.24) is 0 Å². The van der Waals surface area contributed by atoms with Gasteiger partial charge >= 0.3 is 0 Å². The third-order valence-corrected chi connectivity index (χ3v) is 3.54. The number of ether oxygens (including phenoxy) is 3. The van der Waals surface area contributed by atoms with Crippen molar-refractivity contribution in [3.8, 4) is 17.2 Å². The molecule has 0 aliphatic heterocycles. The van der Waals surface area contributed by atoms with Crippen LogP contribution in [0, 0.1) is 0 Å². The molecular formula is C16H17BrO3. The van der Waals surface area contributed by atoms with E-state index in [1.54, 1.807) is 14.2 Å². The number of rotatable bonds is 6. The van der Waals surface area contributed by atoms with E-state index in [9.17, 15) is 0 Å². The number of methoxy groups -OCH3 is 2. The first-order valence-electron chi connectivity index (χ1n) is 6.26. The van der Waals surface area contributed by atoms with Gasteiger partial charge in [-0.05, 0) is 23.3 Å². The lowest BCUT2D eigenvalue weighted by molar-refractivity contribution is 0.275. The zero-order valence-electron chi connectivity index (χ0n) is 11.6. The largest absolute Gasteiger partial charge is 0.493 e. The van der Waals surface area contributed by atoms with Gasteiger partial charge in [0, 0.05) is 5.33 Å². The number of halogens is 1. The molecule has 0 heterocycles. The van der Waals surface area contributed by atoms with E-state index in [-0.39, 0.29) is 0 Å². The standard InChI is InChI=1S/C16H17BrO3/c1-18-14-8-13(10-17)9-15(16(14)19-2)20-11-12-6-4-3-5-7-12/h3-9H,10-11H2,1-2H3. The monoisotopic (exact) mass is 336 g/mol. The first-order valence-corrected chi connectivity index (χ1v) is 7.38. The normalized spacial score (nSPS) is 10.2. The maximum Gasteiger partial charge on any atom is 0.203 e. The molecule has 3 nitrogen and oxygen atoms in total. The van der Waals surface area contributed by atoms with Crippen LogP contribution in [0.3, 0.4) is 0 Å². The van der Waals surface area contributed by atoms with E-state index < -0.39 is 0 Å². The molecule has 2 aromatic rings. The second-order valence-corrected chi connectivity index (χ2v) is 4.80. The van der Waals surface area contributed by atoms with Gasteiger partial charge in [-0.2, -0.15) is 0 Å². The smallest absolute Gasteiger partial charge is 0.203 e. The van der Waals surface area contributed by atoms with Crippen LogP contribution in [0.1, 0.15) is 11.1 Å². The maximum absolute atomic E-state index is 5.87. The van der Waals surface area contributed by atoms with Gasteiger partial charge in [-0.25, -0.2) is 0 Å². The Morgan fingerprint density at radius 1 is 0.900 bits per heavy atom. The molecule has 0 spiro atoms. The SMILES string of the molecule is COc1cc(CBr)cc(OCc2ccccc2)c1OC. The van der Waals surface area contributed by atoms with Crippen molar-refractivity contribution in [3.63, 3.8) is 0 Å². The van der Waals surface area contributed by atoms with Crippen LogP contribution >= 0.6 is 15.9 Å². The molecule has 0 atom stereocenters. The van der Waals surface area contributed by atoms with Gasteiger partial charge in [-0.1, -0.05) is 46.3 Å². The van der Waals surface area contributed by atoms with Crippen molar-refractivity contribution in [3.05, 3.63) is 53.6 Å². The molecule has 0 saturated carbocycles. The summed E-state index contributed by atoms with van der Waals surface area (Å²) in [6.07, 6.45) is 0. The minimum Gasteiger partial charge on any atom is -0.493 e. The van der Waals surface area contributed by atoms with E-state index in [1.807, 2.05) is 42.5 Å². The van der Waals surface area contributed by atoms with Crippen LogP contribution in [-0.2, 0) is 11.9 Å². The molecule has 0 radical (unpaired) electrons. The highest BCUT2D eigenvalue weighted by Crippen LogP contribution is 2.39. The van der Waals surface area contributed by atoms with Crippen molar-refractivity contribution in [2.45, 2.75) is 11.9 Å². The summed E-state index contributed by atoms with van der Waals surface area (Å²) in [6, 6.07) is 13.9. The van der Waals surface area contributed by atoms with Crippen LogP contribution in [0.5, 0.6) is 17.2 Å². The van der Waals surface area contributed by atoms with Crippen LogP contribution in [0.15, 0.2) is 42.5 Å². The summed E-state index contributed by atoms with van der Waals surface area (Å²) in [5, 5.41) is 0.731. The molecule has 20 heavy (non-hydrogen) atoms. The zero-order chi connectivity index (χ0) is 14.4. The van der Waals surface area contributed by atoms with Crippen LogP contribution in [0.25, 0.3) is 0 Å². The highest BCUT2D eigenvalue weighted by Gasteiger charge is 2.13. The first kappa shape index (κ1) is 14.7. The van der Waals surface area contributed by atoms with Gasteiger partial charge in [0.05, 0.1) is 14.2 Å². The average Bonchev–Trinajstić information content (AvgIpc) is 2.52. The molecule has 0 amide bonds. The van der Waals surface area contributed by atoms with Gasteiger partial charge in [0.15, 0.2) is 11.5 Å². The van der Waals surface area contributed by atoms with Gasteiger partial charge in [0.25, 0.3) is 0 Å². The summed E-state index contributed by atoms with van der Waals surface area (Å²) >= 11 is 3.45. The predicted octanol–water partition coefficient (Wildman–Crippen LogP) is 4.18. The lowest BCUT2D eigenvalue weighted by atomic mass is 10.2. The van der Waals surface area contributed by atoms with Crippen LogP contribution in [0.2, 0.25) is 0 Å². The summed E-state index contributed by atoms with van der Waals surface area (Å²) in [4.78, 5) is 0. The third-order valence-electron chi connectivity index (χ3n) is 2.90. The molecule has 0 unspecified atom stereocenters. The molecule has 2 rings (SSSR count). The Balaban J connectivity index is 2.25. The molecule has 0 aliphatic carbocycles. The summed E-state index contributed by atoms with van der Waals surface area (Å²) < 4.78 is 16.6. The molecule has 106 valence electrons. The fraction of sp³-hybridized carbons (Fsp3) is 0.250. The summed E-state index contributed by atoms with van der Waals surface area (Å²) in [7, 11) is 3.23. The third kappa shape index (κ3) is 3.45. The van der Waals surface area contributed by atoms with Crippen molar-refractivity contribution in [1.29, 1.82) is 0 Å². The second-order valence-electron chi connectivity index (χ2n) is 4.24. The average molecular weight is 337 g/mol. The lowest BCUT2D eigenvalue weighted by Crippen LogP contribution is -2.00. The summed E-state index contributed by atoms with van der Waals surface area (Å²) in [6.45, 7) is 0.492. The van der Waals surface area contributed by atoms with E-state index in [1.165, 1.54) is 0 Å². The number of benzene rings is 2. The van der Waals surface area contributed by atoms with Crippen molar-refractivity contribution < 1.29 is 14.2 Å². The highest BCUT2D eigenvalue weighted by molar-refractivity contribution is 9.08. The molecule has 0 bridgehead atoms. The summed E-state index contributed by atoms with van der Waals surface area (Å²) in [5.41, 5.74) is 2.18. The molecule has 0 N–H and O–H groups in total. The van der Waals surface area contributed by atoms with E-state index in [4.69, 9.17) is 14.2 Å². The Labute approximate surface area is 127 Å². The van der Waals surface area contributed by atoms with E-state index in [0.29, 0.717) is 23.9 Å². The van der Waals surface area contributed by atoms with Crippen LogP contribution in [-0.4, -0.2) is 14.2 Å². The van der Waals surface area contributed by atoms with Gasteiger partial charge in [0.2, 0.25) is 5.75 Å². The van der Waals surface area contributed by atoms with E-state index >= 15 is 0 Å².